The van der Waals surface area contributed by atoms with Crippen LogP contribution >= 0.6 is 0 Å². The van der Waals surface area contributed by atoms with Gasteiger partial charge in [-0.3, -0.25) is 4.79 Å². The lowest BCUT2D eigenvalue weighted by molar-refractivity contribution is -0.150. The molecule has 32 heavy (non-hydrogen) atoms. The van der Waals surface area contributed by atoms with E-state index in [9.17, 15) is 23.1 Å². The third kappa shape index (κ3) is 5.34. The molecule has 0 aromatic heterocycles. The molecule has 0 aliphatic carbocycles. The lowest BCUT2D eigenvalue weighted by atomic mass is 9.80. The van der Waals surface area contributed by atoms with Crippen LogP contribution in [-0.4, -0.2) is 28.7 Å². The highest BCUT2D eigenvalue weighted by atomic mass is 19.4. The van der Waals surface area contributed by atoms with E-state index in [1.807, 2.05) is 38.1 Å². The van der Waals surface area contributed by atoms with Crippen LogP contribution in [0.5, 0.6) is 0 Å². The molecule has 1 fully saturated rings. The van der Waals surface area contributed by atoms with Crippen LogP contribution in [0.4, 0.5) is 13.2 Å². The summed E-state index contributed by atoms with van der Waals surface area (Å²) in [6.07, 6.45) is -3.74. The van der Waals surface area contributed by atoms with Crippen molar-refractivity contribution in [2.24, 2.45) is 5.92 Å². The van der Waals surface area contributed by atoms with Gasteiger partial charge in [0.1, 0.15) is 6.23 Å². The van der Waals surface area contributed by atoms with E-state index >= 15 is 0 Å². The van der Waals surface area contributed by atoms with Gasteiger partial charge in [-0.05, 0) is 67.7 Å². The molecule has 1 aliphatic rings. The number of benzene rings is 2. The highest BCUT2D eigenvalue weighted by molar-refractivity contribution is 5.87. The lowest BCUT2D eigenvalue weighted by Gasteiger charge is -2.40. The van der Waals surface area contributed by atoms with Crippen LogP contribution in [0.2, 0.25) is 0 Å². The zero-order valence-corrected chi connectivity index (χ0v) is 19.1. The molecule has 3 rings (SSSR count). The van der Waals surface area contributed by atoms with Crippen molar-refractivity contribution >= 4 is 5.91 Å². The molecule has 2 aromatic rings. The molecule has 1 amide bonds. The Morgan fingerprint density at radius 3 is 2.31 bits per heavy atom. The quantitative estimate of drug-likeness (QED) is 0.619. The highest BCUT2D eigenvalue weighted by Crippen LogP contribution is 2.37. The number of piperidine rings is 1. The van der Waals surface area contributed by atoms with Crippen LogP contribution in [0.1, 0.15) is 68.7 Å². The number of carbonyl (C=O) groups is 1. The van der Waals surface area contributed by atoms with Gasteiger partial charge in [0.05, 0.1) is 11.0 Å². The summed E-state index contributed by atoms with van der Waals surface area (Å²) in [6, 6.07) is 13.3. The molecule has 1 N–H and O–H groups in total. The monoisotopic (exact) mass is 447 g/mol. The van der Waals surface area contributed by atoms with Gasteiger partial charge in [-0.15, -0.1) is 0 Å². The number of aliphatic hydroxyl groups is 1. The molecular formula is C26H32F3NO2. The molecule has 0 radical (unpaired) electrons. The second kappa shape index (κ2) is 9.26. The van der Waals surface area contributed by atoms with Crippen molar-refractivity contribution < 1.29 is 23.1 Å². The van der Waals surface area contributed by atoms with Gasteiger partial charge >= 0.3 is 6.18 Å². The van der Waals surface area contributed by atoms with Crippen LogP contribution in [0.3, 0.4) is 0 Å². The van der Waals surface area contributed by atoms with Crippen molar-refractivity contribution in [1.82, 2.24) is 4.90 Å². The van der Waals surface area contributed by atoms with E-state index in [2.05, 4.69) is 13.8 Å². The summed E-state index contributed by atoms with van der Waals surface area (Å²) < 4.78 is 39.2. The zero-order chi connectivity index (χ0) is 23.7. The van der Waals surface area contributed by atoms with Gasteiger partial charge in [-0.2, -0.15) is 13.2 Å². The number of rotatable bonds is 5. The number of nitrogens with zero attached hydrogens (tertiary/aromatic N) is 1. The van der Waals surface area contributed by atoms with E-state index in [1.54, 1.807) is 6.07 Å². The van der Waals surface area contributed by atoms with E-state index < -0.39 is 23.4 Å². The Morgan fingerprint density at radius 1 is 1.09 bits per heavy atom. The smallest absolute Gasteiger partial charge is 0.374 e. The van der Waals surface area contributed by atoms with E-state index in [4.69, 9.17) is 0 Å². The zero-order valence-electron chi connectivity index (χ0n) is 19.1. The molecule has 3 nitrogen and oxygen atoms in total. The summed E-state index contributed by atoms with van der Waals surface area (Å²) in [5.41, 5.74) is 1.13. The van der Waals surface area contributed by atoms with Gasteiger partial charge in [0.15, 0.2) is 0 Å². The molecule has 2 aromatic carbocycles. The maximum Gasteiger partial charge on any atom is 0.416 e. The molecule has 0 bridgehead atoms. The summed E-state index contributed by atoms with van der Waals surface area (Å²) in [6.45, 7) is 8.31. The number of hydrogen-bond donors (Lipinski definition) is 1. The number of hydrogen-bond acceptors (Lipinski definition) is 2. The second-order valence-electron chi connectivity index (χ2n) is 9.74. The van der Waals surface area contributed by atoms with E-state index in [0.717, 1.165) is 24.1 Å². The van der Waals surface area contributed by atoms with E-state index in [0.29, 0.717) is 24.4 Å². The fourth-order valence-corrected chi connectivity index (χ4v) is 4.46. The normalized spacial score (nSPS) is 20.0. The summed E-state index contributed by atoms with van der Waals surface area (Å²) in [5.74, 6) is 0.141. The second-order valence-corrected chi connectivity index (χ2v) is 9.74. The molecular weight excluding hydrogens is 415 g/mol. The standard InChI is InChI=1S/C26H32F3NO2/c1-17(2)14-18-8-10-21(11-9-18)25(3,4)24(32)30-13-12-20(16-23(30)31)19-6-5-7-22(15-19)26(27,28)29/h5-11,15,17,20,23,31H,12-14,16H2,1-4H3. The van der Waals surface area contributed by atoms with Crippen molar-refractivity contribution in [2.75, 3.05) is 6.54 Å². The minimum absolute atomic E-state index is 0.177. The minimum atomic E-state index is -4.40. The van der Waals surface area contributed by atoms with Gasteiger partial charge in [-0.25, -0.2) is 0 Å². The Labute approximate surface area is 188 Å². The Morgan fingerprint density at radius 2 is 1.75 bits per heavy atom. The van der Waals surface area contributed by atoms with Crippen LogP contribution in [0.15, 0.2) is 48.5 Å². The summed E-state index contributed by atoms with van der Waals surface area (Å²) in [4.78, 5) is 14.8. The number of likely N-dealkylation sites (tertiary alicyclic amines) is 1. The summed E-state index contributed by atoms with van der Waals surface area (Å²) >= 11 is 0. The van der Waals surface area contributed by atoms with Crippen molar-refractivity contribution in [3.05, 3.63) is 70.8 Å². The molecule has 174 valence electrons. The Balaban J connectivity index is 1.71. The first kappa shape index (κ1) is 24.3. The van der Waals surface area contributed by atoms with Crippen LogP contribution < -0.4 is 0 Å². The van der Waals surface area contributed by atoms with Gasteiger partial charge in [0, 0.05) is 6.54 Å². The van der Waals surface area contributed by atoms with Crippen molar-refractivity contribution in [2.45, 2.75) is 70.7 Å². The largest absolute Gasteiger partial charge is 0.416 e. The lowest BCUT2D eigenvalue weighted by Crippen LogP contribution is -2.51. The molecule has 1 saturated heterocycles. The summed E-state index contributed by atoms with van der Waals surface area (Å²) in [7, 11) is 0. The van der Waals surface area contributed by atoms with E-state index in [1.165, 1.54) is 16.5 Å². The molecule has 2 unspecified atom stereocenters. The average molecular weight is 448 g/mol. The Hall–Kier alpha value is -2.34. The van der Waals surface area contributed by atoms with Crippen molar-refractivity contribution in [3.8, 4) is 0 Å². The van der Waals surface area contributed by atoms with Gasteiger partial charge in [-0.1, -0.05) is 56.3 Å². The molecule has 1 heterocycles. The number of halogens is 3. The number of alkyl halides is 3. The van der Waals surface area contributed by atoms with Crippen molar-refractivity contribution in [3.63, 3.8) is 0 Å². The molecule has 0 spiro atoms. The third-order valence-electron chi connectivity index (χ3n) is 6.37. The fraction of sp³-hybridized carbons (Fsp3) is 0.500. The van der Waals surface area contributed by atoms with Crippen LogP contribution in [0, 0.1) is 5.92 Å². The number of amides is 1. The molecule has 1 aliphatic heterocycles. The average Bonchev–Trinajstić information content (AvgIpc) is 2.72. The topological polar surface area (TPSA) is 40.5 Å². The van der Waals surface area contributed by atoms with Gasteiger partial charge in [0.25, 0.3) is 0 Å². The van der Waals surface area contributed by atoms with E-state index in [-0.39, 0.29) is 18.2 Å². The predicted molar refractivity (Wildman–Crippen MR) is 119 cm³/mol. The van der Waals surface area contributed by atoms with Crippen LogP contribution in [-0.2, 0) is 22.8 Å². The number of aliphatic hydroxyl groups excluding tert-OH is 1. The molecule has 2 atom stereocenters. The highest BCUT2D eigenvalue weighted by Gasteiger charge is 2.40. The summed E-state index contributed by atoms with van der Waals surface area (Å²) in [5, 5.41) is 10.7. The third-order valence-corrected chi connectivity index (χ3v) is 6.37. The first-order chi connectivity index (χ1) is 14.9. The fourth-order valence-electron chi connectivity index (χ4n) is 4.46. The minimum Gasteiger partial charge on any atom is -0.374 e. The Bertz CT molecular complexity index is 935. The SMILES string of the molecule is CC(C)Cc1ccc(C(C)(C)C(=O)N2CCC(c3cccc(C(F)(F)F)c3)CC2O)cc1. The van der Waals surface area contributed by atoms with Gasteiger partial charge < -0.3 is 10.0 Å². The molecule has 0 saturated carbocycles. The first-order valence-corrected chi connectivity index (χ1v) is 11.1. The van der Waals surface area contributed by atoms with Gasteiger partial charge in [0.2, 0.25) is 5.91 Å². The first-order valence-electron chi connectivity index (χ1n) is 11.1. The molecule has 6 heteroatoms. The maximum atomic E-state index is 13.3. The number of carbonyl (C=O) groups excluding carboxylic acids is 1. The maximum absolute atomic E-state index is 13.3. The predicted octanol–water partition coefficient (Wildman–Crippen LogP) is 5.91. The van der Waals surface area contributed by atoms with Crippen molar-refractivity contribution in [1.29, 1.82) is 0 Å². The Kier molecular flexibility index (Phi) is 7.03. The van der Waals surface area contributed by atoms with Crippen LogP contribution in [0.25, 0.3) is 0 Å².